The molecule has 0 spiro atoms. The van der Waals surface area contributed by atoms with Crippen LogP contribution < -0.4 is 10.2 Å². The summed E-state index contributed by atoms with van der Waals surface area (Å²) < 4.78 is 16.8. The molecule has 0 radical (unpaired) electrons. The Kier molecular flexibility index (Phi) is 9.31. The number of hydrogen-bond donors (Lipinski definition) is 1. The third-order valence-corrected chi connectivity index (χ3v) is 7.64. The topological polar surface area (TPSA) is 86.2 Å². The van der Waals surface area contributed by atoms with Gasteiger partial charge in [0.25, 0.3) is 0 Å². The molecule has 2 heterocycles. The second-order valence-corrected chi connectivity index (χ2v) is 10.4. The van der Waals surface area contributed by atoms with Crippen LogP contribution in [-0.2, 0) is 32.1 Å². The lowest BCUT2D eigenvalue weighted by Gasteiger charge is -2.19. The zero-order valence-electron chi connectivity index (χ0n) is 22.3. The van der Waals surface area contributed by atoms with Gasteiger partial charge in [0.05, 0.1) is 12.3 Å². The molecule has 8 heteroatoms. The van der Waals surface area contributed by atoms with Crippen molar-refractivity contribution >= 4 is 28.9 Å². The number of benzene rings is 2. The monoisotopic (exact) mass is 534 g/mol. The predicted octanol–water partition coefficient (Wildman–Crippen LogP) is 5.67. The molecular formula is C30H34N2O5S. The van der Waals surface area contributed by atoms with Crippen LogP contribution in [0.2, 0.25) is 0 Å². The highest BCUT2D eigenvalue weighted by Crippen LogP contribution is 2.33. The third kappa shape index (κ3) is 6.88. The number of hydrazone groups is 1. The first-order valence-corrected chi connectivity index (χ1v) is 13.8. The summed E-state index contributed by atoms with van der Waals surface area (Å²) in [6, 6.07) is 18.3. The number of nitrogens with one attached hydrogen (secondary N) is 1. The van der Waals surface area contributed by atoms with Gasteiger partial charge in [-0.05, 0) is 61.2 Å². The van der Waals surface area contributed by atoms with Gasteiger partial charge < -0.3 is 14.2 Å². The first kappa shape index (κ1) is 27.5. The minimum absolute atomic E-state index is 0.0400. The minimum Gasteiger partial charge on any atom is -0.488 e. The van der Waals surface area contributed by atoms with E-state index in [1.165, 1.54) is 15.3 Å². The summed E-state index contributed by atoms with van der Waals surface area (Å²) in [5.41, 5.74) is 7.83. The molecule has 2 aromatic carbocycles. The number of esters is 1. The van der Waals surface area contributed by atoms with Crippen molar-refractivity contribution in [2.24, 2.45) is 11.0 Å². The number of thiophene rings is 1. The molecule has 0 aliphatic carbocycles. The maximum Gasteiger partial charge on any atom is 0.335 e. The number of carbonyl (C=O) groups is 2. The summed E-state index contributed by atoms with van der Waals surface area (Å²) in [4.78, 5) is 26.0. The molecule has 4 rings (SSSR count). The number of carbonyl (C=O) groups excluding carboxylic acids is 2. The summed E-state index contributed by atoms with van der Waals surface area (Å²) in [6.07, 6.45) is 0.311. The molecule has 0 fully saturated rings. The highest BCUT2D eigenvalue weighted by molar-refractivity contribution is 7.15. The molecule has 200 valence electrons. The third-order valence-electron chi connectivity index (χ3n) is 6.38. The van der Waals surface area contributed by atoms with E-state index in [-0.39, 0.29) is 17.8 Å². The van der Waals surface area contributed by atoms with E-state index in [4.69, 9.17) is 14.2 Å². The predicted molar refractivity (Wildman–Crippen MR) is 149 cm³/mol. The number of nitrogens with zero attached hydrogens (tertiary/aromatic N) is 1. The molecule has 38 heavy (non-hydrogen) atoms. The fourth-order valence-electron chi connectivity index (χ4n) is 4.34. The Hall–Kier alpha value is -3.49. The average molecular weight is 535 g/mol. The second kappa shape index (κ2) is 12.8. The van der Waals surface area contributed by atoms with Crippen molar-refractivity contribution in [1.29, 1.82) is 0 Å². The first-order chi connectivity index (χ1) is 18.4. The molecule has 1 amide bonds. The van der Waals surface area contributed by atoms with E-state index in [9.17, 15) is 9.59 Å². The van der Waals surface area contributed by atoms with Crippen LogP contribution in [0.5, 0.6) is 5.75 Å². The molecule has 1 aromatic heterocycles. The highest BCUT2D eigenvalue weighted by atomic mass is 32.1. The maximum absolute atomic E-state index is 12.1. The quantitative estimate of drug-likeness (QED) is 0.320. The Bertz CT molecular complexity index is 1280. The van der Waals surface area contributed by atoms with Crippen molar-refractivity contribution in [2.75, 3.05) is 13.2 Å². The Labute approximate surface area is 227 Å². The van der Waals surface area contributed by atoms with E-state index in [2.05, 4.69) is 47.8 Å². The van der Waals surface area contributed by atoms with E-state index in [0.717, 1.165) is 28.2 Å². The van der Waals surface area contributed by atoms with E-state index < -0.39 is 6.10 Å². The lowest BCUT2D eigenvalue weighted by Crippen LogP contribution is -2.31. The first-order valence-electron chi connectivity index (χ1n) is 12.9. The minimum atomic E-state index is -0.604. The average Bonchev–Trinajstić information content (AvgIpc) is 3.28. The Morgan fingerprint density at radius 3 is 2.45 bits per heavy atom. The van der Waals surface area contributed by atoms with Crippen molar-refractivity contribution in [3.05, 3.63) is 76.2 Å². The second-order valence-electron chi connectivity index (χ2n) is 9.26. The summed E-state index contributed by atoms with van der Waals surface area (Å²) in [6.45, 7) is 9.04. The van der Waals surface area contributed by atoms with Gasteiger partial charge in [-0.2, -0.15) is 5.10 Å². The molecule has 3 aromatic rings. The highest BCUT2D eigenvalue weighted by Gasteiger charge is 2.22. The van der Waals surface area contributed by atoms with E-state index in [1.54, 1.807) is 18.3 Å². The lowest BCUT2D eigenvalue weighted by molar-refractivity contribution is -0.156. The summed E-state index contributed by atoms with van der Waals surface area (Å²) in [7, 11) is 0. The van der Waals surface area contributed by atoms with Crippen LogP contribution >= 0.6 is 11.3 Å². The van der Waals surface area contributed by atoms with Crippen LogP contribution in [0.15, 0.2) is 59.7 Å². The van der Waals surface area contributed by atoms with E-state index in [1.807, 2.05) is 38.1 Å². The molecule has 0 saturated heterocycles. The number of rotatable bonds is 11. The van der Waals surface area contributed by atoms with Gasteiger partial charge in [-0.3, -0.25) is 4.79 Å². The molecule has 2 atom stereocenters. The summed E-state index contributed by atoms with van der Waals surface area (Å²) >= 11 is 1.72. The van der Waals surface area contributed by atoms with Crippen LogP contribution in [0, 0.1) is 12.8 Å². The maximum atomic E-state index is 12.1. The zero-order valence-corrected chi connectivity index (χ0v) is 23.1. The van der Waals surface area contributed by atoms with Gasteiger partial charge in [0.2, 0.25) is 5.91 Å². The molecule has 1 aliphatic heterocycles. The van der Waals surface area contributed by atoms with E-state index >= 15 is 0 Å². The van der Waals surface area contributed by atoms with Crippen LogP contribution in [0.3, 0.4) is 0 Å². The van der Waals surface area contributed by atoms with Gasteiger partial charge in [-0.15, -0.1) is 11.3 Å². The molecule has 7 nitrogen and oxygen atoms in total. The summed E-state index contributed by atoms with van der Waals surface area (Å²) in [5.74, 6) is 0.493. The van der Waals surface area contributed by atoms with Crippen molar-refractivity contribution < 1.29 is 23.8 Å². The van der Waals surface area contributed by atoms with Crippen molar-refractivity contribution in [1.82, 2.24) is 5.43 Å². The van der Waals surface area contributed by atoms with Crippen molar-refractivity contribution in [2.45, 2.75) is 53.2 Å². The normalized spacial score (nSPS) is 15.9. The molecule has 0 bridgehead atoms. The van der Waals surface area contributed by atoms with Gasteiger partial charge in [0.1, 0.15) is 12.4 Å². The lowest BCUT2D eigenvalue weighted by atomic mass is 9.93. The molecular weight excluding hydrogens is 500 g/mol. The van der Waals surface area contributed by atoms with Gasteiger partial charge in [0, 0.05) is 35.1 Å². The number of hydrogen-bond acceptors (Lipinski definition) is 7. The SMILES string of the molecule is CCOC(=O)[C@H](Cc1ccc(OCc2sc(-c3ccc(C4=NNC(=O)CC4C)cc3)cc2C)cc1)OCC. The van der Waals surface area contributed by atoms with Gasteiger partial charge in [0.15, 0.2) is 6.10 Å². The van der Waals surface area contributed by atoms with Crippen LogP contribution in [0.1, 0.15) is 48.8 Å². The fourth-order valence-corrected chi connectivity index (χ4v) is 5.44. The van der Waals surface area contributed by atoms with Crippen molar-refractivity contribution in [3.8, 4) is 16.2 Å². The number of amides is 1. The van der Waals surface area contributed by atoms with Crippen LogP contribution in [0.4, 0.5) is 0 Å². The Morgan fingerprint density at radius 2 is 1.79 bits per heavy atom. The molecule has 0 saturated carbocycles. The smallest absolute Gasteiger partial charge is 0.335 e. The van der Waals surface area contributed by atoms with Gasteiger partial charge in [-0.1, -0.05) is 43.3 Å². The molecule has 1 N–H and O–H groups in total. The van der Waals surface area contributed by atoms with Crippen LogP contribution in [-0.4, -0.2) is 36.9 Å². The Morgan fingerprint density at radius 1 is 1.08 bits per heavy atom. The summed E-state index contributed by atoms with van der Waals surface area (Å²) in [5, 5.41) is 4.25. The molecule has 1 aliphatic rings. The number of aryl methyl sites for hydroxylation is 1. The Balaban J connectivity index is 1.37. The number of ether oxygens (including phenoxy) is 3. The van der Waals surface area contributed by atoms with E-state index in [0.29, 0.717) is 32.7 Å². The molecule has 1 unspecified atom stereocenters. The van der Waals surface area contributed by atoms with Crippen LogP contribution in [0.25, 0.3) is 10.4 Å². The standard InChI is InChI=1S/C30H34N2O5S/c1-5-35-25(30(34)36-6-2)17-21-7-13-24(14-8-21)37-18-27-19(3)15-26(38-27)22-9-11-23(12-10-22)29-20(4)16-28(33)31-32-29/h7-15,20,25H,5-6,16-18H2,1-4H3,(H,31,33)/t20?,25-/m0/s1. The van der Waals surface area contributed by atoms with Crippen molar-refractivity contribution in [3.63, 3.8) is 0 Å². The van der Waals surface area contributed by atoms with Gasteiger partial charge in [-0.25, -0.2) is 10.2 Å². The van der Waals surface area contributed by atoms with Gasteiger partial charge >= 0.3 is 5.97 Å². The fraction of sp³-hybridized carbons (Fsp3) is 0.367. The zero-order chi connectivity index (χ0) is 27.1. The largest absolute Gasteiger partial charge is 0.488 e.